The van der Waals surface area contributed by atoms with Crippen molar-refractivity contribution in [3.63, 3.8) is 0 Å². The van der Waals surface area contributed by atoms with Gasteiger partial charge >= 0.3 is 14.0 Å². The smallest absolute Gasteiger partial charge is 0.424 e. The number of fused-ring (bicyclic) bond motifs is 1. The van der Waals surface area contributed by atoms with E-state index in [0.29, 0.717) is 5.37 Å². The average Bonchev–Trinajstić information content (AvgIpc) is 2.58. The van der Waals surface area contributed by atoms with Gasteiger partial charge < -0.3 is 20.4 Å². The van der Waals surface area contributed by atoms with Crippen LogP contribution in [0.5, 0.6) is 0 Å². The lowest BCUT2D eigenvalue weighted by Gasteiger charge is -2.11. The van der Waals surface area contributed by atoms with E-state index < -0.39 is 14.0 Å². The van der Waals surface area contributed by atoms with Gasteiger partial charge in [0, 0.05) is 0 Å². The summed E-state index contributed by atoms with van der Waals surface area (Å²) in [5.74, 6) is 0. The van der Waals surface area contributed by atoms with E-state index in [1.807, 2.05) is 24.3 Å². The van der Waals surface area contributed by atoms with E-state index in [4.69, 9.17) is 10.4 Å². The molecule has 0 radical (unpaired) electrons. The molecule has 0 saturated heterocycles. The van der Waals surface area contributed by atoms with E-state index in [2.05, 4.69) is 0 Å². The monoisotopic (exact) mass is 203 g/mol. The first kappa shape index (κ1) is 10.4. The van der Waals surface area contributed by atoms with Crippen molar-refractivity contribution in [3.8, 4) is 0 Å². The van der Waals surface area contributed by atoms with Gasteiger partial charge in [-0.1, -0.05) is 30.3 Å². The van der Waals surface area contributed by atoms with Crippen LogP contribution >= 0.6 is 0 Å². The topological polar surface area (TPSA) is 75.7 Å². The molecule has 76 valence electrons. The van der Waals surface area contributed by atoms with Gasteiger partial charge in [0.1, 0.15) is 0 Å². The first-order valence-electron chi connectivity index (χ1n) is 4.72. The number of benzene rings is 1. The molecule has 0 spiro atoms. The van der Waals surface area contributed by atoms with Crippen LogP contribution in [0.4, 0.5) is 0 Å². The second kappa shape index (κ2) is 4.20. The predicted octanol–water partition coefficient (Wildman–Crippen LogP) is -1.23. The van der Waals surface area contributed by atoms with E-state index in [1.54, 1.807) is 6.08 Å². The summed E-state index contributed by atoms with van der Waals surface area (Å²) in [7, 11) is -1.51. The number of nitrogens with two attached hydrogens (primary N) is 1. The van der Waals surface area contributed by atoms with Crippen molar-refractivity contribution in [2.45, 2.75) is 0 Å². The Morgan fingerprint density at radius 1 is 1.33 bits per heavy atom. The van der Waals surface area contributed by atoms with Crippen LogP contribution < -0.4 is 11.2 Å². The summed E-state index contributed by atoms with van der Waals surface area (Å²) in [6.07, 6.45) is 1.72. The molecule has 1 aromatic carbocycles. The molecule has 0 aliphatic carbocycles. The maximum absolute atomic E-state index is 9.19. The molecule has 0 bridgehead atoms. The molecule has 0 atom stereocenters. The van der Waals surface area contributed by atoms with E-state index in [9.17, 15) is 10.0 Å². The summed E-state index contributed by atoms with van der Waals surface area (Å²) < 4.78 is 5.29. The quantitative estimate of drug-likeness (QED) is 0.424. The first-order valence-corrected chi connectivity index (χ1v) is 4.72. The Morgan fingerprint density at radius 2 is 2.07 bits per heavy atom. The Labute approximate surface area is 88.6 Å². The molecule has 0 amide bonds. The van der Waals surface area contributed by atoms with Crippen molar-refractivity contribution in [2.24, 2.45) is 5.73 Å². The van der Waals surface area contributed by atoms with Crippen molar-refractivity contribution >= 4 is 25.6 Å². The minimum atomic E-state index is -1.51. The lowest BCUT2D eigenvalue weighted by Crippen LogP contribution is -2.40. The van der Waals surface area contributed by atoms with Gasteiger partial charge in [-0.3, -0.25) is 0 Å². The third-order valence-corrected chi connectivity index (χ3v) is 2.46. The summed E-state index contributed by atoms with van der Waals surface area (Å²) in [6, 6.07) is 7.56. The summed E-state index contributed by atoms with van der Waals surface area (Å²) in [6.45, 7) is -0.394. The van der Waals surface area contributed by atoms with Gasteiger partial charge in [-0.05, 0) is 16.4 Å². The first-order chi connectivity index (χ1) is 7.24. The second-order valence-electron chi connectivity index (χ2n) is 3.36. The maximum atomic E-state index is 9.19. The molecule has 0 aromatic heterocycles. The van der Waals surface area contributed by atoms with Crippen molar-refractivity contribution < 1.29 is 14.7 Å². The molecule has 15 heavy (non-hydrogen) atoms. The zero-order valence-corrected chi connectivity index (χ0v) is 8.13. The molecular formula is C9H11B2NO3. The van der Waals surface area contributed by atoms with E-state index >= 15 is 0 Å². The largest absolute Gasteiger partial charge is 0.477 e. The molecule has 1 aromatic rings. The Balaban J connectivity index is 2.38. The summed E-state index contributed by atoms with van der Waals surface area (Å²) >= 11 is 0. The minimum absolute atomic E-state index is 0.0447. The highest BCUT2D eigenvalue weighted by atomic mass is 16.4. The van der Waals surface area contributed by atoms with Gasteiger partial charge in [0.15, 0.2) is 0 Å². The Morgan fingerprint density at radius 3 is 2.73 bits per heavy atom. The lowest BCUT2D eigenvalue weighted by molar-refractivity contribution is 0.343. The molecule has 1 aliphatic heterocycles. The third kappa shape index (κ3) is 1.85. The van der Waals surface area contributed by atoms with Crippen LogP contribution in [0.2, 0.25) is 0 Å². The molecule has 1 aliphatic rings. The number of rotatable bonds is 3. The van der Waals surface area contributed by atoms with Gasteiger partial charge in [-0.2, -0.15) is 0 Å². The highest BCUT2D eigenvalue weighted by Gasteiger charge is 2.36. The second-order valence-corrected chi connectivity index (χ2v) is 3.36. The van der Waals surface area contributed by atoms with Crippen molar-refractivity contribution in [1.82, 2.24) is 0 Å². The van der Waals surface area contributed by atoms with Crippen LogP contribution in [-0.2, 0) is 4.65 Å². The minimum Gasteiger partial charge on any atom is -0.424 e. The van der Waals surface area contributed by atoms with Crippen LogP contribution in [0, 0.1) is 0 Å². The van der Waals surface area contributed by atoms with Crippen molar-refractivity contribution in [3.05, 3.63) is 35.2 Å². The molecule has 4 nitrogen and oxygen atoms in total. The van der Waals surface area contributed by atoms with E-state index in [-0.39, 0.29) is 6.73 Å². The normalized spacial score (nSPS) is 13.8. The lowest BCUT2D eigenvalue weighted by atomic mass is 9.47. The predicted molar refractivity (Wildman–Crippen MR) is 60.1 cm³/mol. The fourth-order valence-electron chi connectivity index (χ4n) is 1.81. The fraction of sp³-hybridized carbons (Fsp3) is 0.111. The van der Waals surface area contributed by atoms with Crippen LogP contribution in [0.1, 0.15) is 5.56 Å². The molecule has 4 N–H and O–H groups in total. The Hall–Kier alpha value is -1.07. The highest BCUT2D eigenvalue weighted by Crippen LogP contribution is 2.18. The molecule has 6 heteroatoms. The van der Waals surface area contributed by atoms with Crippen molar-refractivity contribution in [2.75, 3.05) is 6.73 Å². The van der Waals surface area contributed by atoms with E-state index in [1.165, 1.54) is 0 Å². The summed E-state index contributed by atoms with van der Waals surface area (Å²) in [5.41, 5.74) is 7.18. The zero-order valence-electron chi connectivity index (χ0n) is 8.13. The molecule has 0 saturated carbocycles. The number of hydrogen-bond donors (Lipinski definition) is 3. The zero-order chi connectivity index (χ0) is 10.8. The Kier molecular flexibility index (Phi) is 2.93. The van der Waals surface area contributed by atoms with Crippen LogP contribution in [0.3, 0.4) is 0 Å². The molecule has 0 unspecified atom stereocenters. The van der Waals surface area contributed by atoms with Gasteiger partial charge in [0.2, 0.25) is 0 Å². The van der Waals surface area contributed by atoms with Crippen LogP contribution in [0.15, 0.2) is 29.6 Å². The van der Waals surface area contributed by atoms with Gasteiger partial charge in [0.05, 0.1) is 6.73 Å². The fourth-order valence-corrected chi connectivity index (χ4v) is 1.81. The number of hydrogen-bond acceptors (Lipinski definition) is 4. The summed E-state index contributed by atoms with van der Waals surface area (Å²) in [4.78, 5) is 0. The van der Waals surface area contributed by atoms with Gasteiger partial charge in [-0.15, -0.1) is 0 Å². The Bertz CT molecular complexity index is 395. The summed E-state index contributed by atoms with van der Waals surface area (Å²) in [5, 5.41) is 18.8. The molecule has 1 heterocycles. The molecular weight excluding hydrogens is 192 g/mol. The standard InChI is InChI=1S/C9H11B2NO3/c12-6-15-10-8-4-2-1-3-7(8)5-9(10)11(13)14/h1-5,13-14H,6,12H2. The SMILES string of the molecule is NCOB1C(B(O)O)=Cc2ccccc21. The van der Waals surface area contributed by atoms with Crippen LogP contribution in [-0.4, -0.2) is 30.8 Å². The third-order valence-electron chi connectivity index (χ3n) is 2.46. The van der Waals surface area contributed by atoms with Crippen LogP contribution in [0.25, 0.3) is 6.08 Å². The molecule has 0 fully saturated rings. The highest BCUT2D eigenvalue weighted by molar-refractivity contribution is 6.90. The molecule has 2 rings (SSSR count). The van der Waals surface area contributed by atoms with E-state index in [0.717, 1.165) is 11.0 Å². The van der Waals surface area contributed by atoms with Gasteiger partial charge in [0.25, 0.3) is 0 Å². The van der Waals surface area contributed by atoms with Crippen molar-refractivity contribution in [1.29, 1.82) is 0 Å². The average molecular weight is 203 g/mol. The maximum Gasteiger partial charge on any atom is 0.477 e. The van der Waals surface area contributed by atoms with Gasteiger partial charge in [-0.25, -0.2) is 0 Å².